The summed E-state index contributed by atoms with van der Waals surface area (Å²) >= 11 is 0. The second kappa shape index (κ2) is 7.33. The highest BCUT2D eigenvalue weighted by molar-refractivity contribution is 5.83. The molecule has 26 heavy (non-hydrogen) atoms. The maximum Gasteiger partial charge on any atom is 0.223 e. The van der Waals surface area contributed by atoms with Crippen LogP contribution in [-0.2, 0) is 11.2 Å². The second-order valence-corrected chi connectivity index (χ2v) is 7.34. The highest BCUT2D eigenvalue weighted by Gasteiger charge is 2.29. The quantitative estimate of drug-likeness (QED) is 0.617. The van der Waals surface area contributed by atoms with E-state index in [-0.39, 0.29) is 11.9 Å². The van der Waals surface area contributed by atoms with Gasteiger partial charge in [0.05, 0.1) is 6.04 Å². The highest BCUT2D eigenvalue weighted by Crippen LogP contribution is 2.33. The van der Waals surface area contributed by atoms with E-state index in [2.05, 4.69) is 78.6 Å². The number of carbonyl (C=O) groups is 1. The topological polar surface area (TPSA) is 20.3 Å². The van der Waals surface area contributed by atoms with Crippen molar-refractivity contribution < 1.29 is 4.79 Å². The molecule has 1 aliphatic rings. The zero-order valence-corrected chi connectivity index (χ0v) is 15.3. The minimum Gasteiger partial charge on any atom is -0.336 e. The third kappa shape index (κ3) is 3.50. The lowest BCUT2D eigenvalue weighted by molar-refractivity contribution is -0.132. The third-order valence-corrected chi connectivity index (χ3v) is 5.44. The van der Waals surface area contributed by atoms with Crippen LogP contribution in [0.25, 0.3) is 10.8 Å². The predicted octanol–water partition coefficient (Wildman–Crippen LogP) is 5.44. The molecular formula is C24H25NO. The van der Waals surface area contributed by atoms with Crippen molar-refractivity contribution in [3.63, 3.8) is 0 Å². The maximum atomic E-state index is 12.9. The molecule has 0 aliphatic carbocycles. The van der Waals surface area contributed by atoms with Crippen LogP contribution in [0.4, 0.5) is 0 Å². The molecule has 1 amide bonds. The van der Waals surface area contributed by atoms with E-state index in [4.69, 9.17) is 0 Å². The standard InChI is InChI=1S/C24H25NO/c1-18-6-4-9-22(16-18)23-10-5-15-25(23)24(26)14-12-19-11-13-20-7-2-3-8-21(20)17-19/h2-4,6-9,11,13,16-17,23H,5,10,12,14-15H2,1H3/t23-/m0/s1. The van der Waals surface area contributed by atoms with E-state index in [1.807, 2.05) is 0 Å². The van der Waals surface area contributed by atoms with Gasteiger partial charge in [-0.2, -0.15) is 0 Å². The van der Waals surface area contributed by atoms with Crippen molar-refractivity contribution in [3.8, 4) is 0 Å². The van der Waals surface area contributed by atoms with Crippen molar-refractivity contribution in [2.45, 2.75) is 38.6 Å². The summed E-state index contributed by atoms with van der Waals surface area (Å²) in [5.74, 6) is 0.280. The molecule has 1 atom stereocenters. The monoisotopic (exact) mass is 343 g/mol. The van der Waals surface area contributed by atoms with Crippen LogP contribution in [0.5, 0.6) is 0 Å². The van der Waals surface area contributed by atoms with E-state index in [1.54, 1.807) is 0 Å². The number of hydrogen-bond donors (Lipinski definition) is 0. The summed E-state index contributed by atoms with van der Waals surface area (Å²) in [7, 11) is 0. The van der Waals surface area contributed by atoms with E-state index in [0.29, 0.717) is 6.42 Å². The summed E-state index contributed by atoms with van der Waals surface area (Å²) in [5, 5.41) is 2.50. The van der Waals surface area contributed by atoms with Crippen LogP contribution < -0.4 is 0 Å². The molecule has 1 aliphatic heterocycles. The molecule has 1 fully saturated rings. The number of aryl methyl sites for hydroxylation is 2. The van der Waals surface area contributed by atoms with Gasteiger partial charge in [-0.15, -0.1) is 0 Å². The van der Waals surface area contributed by atoms with E-state index in [9.17, 15) is 4.79 Å². The van der Waals surface area contributed by atoms with Gasteiger partial charge in [0.25, 0.3) is 0 Å². The van der Waals surface area contributed by atoms with Crippen molar-refractivity contribution in [2.24, 2.45) is 0 Å². The van der Waals surface area contributed by atoms with Gasteiger partial charge in [0, 0.05) is 13.0 Å². The fourth-order valence-corrected chi connectivity index (χ4v) is 4.08. The van der Waals surface area contributed by atoms with Gasteiger partial charge < -0.3 is 4.90 Å². The van der Waals surface area contributed by atoms with Crippen LogP contribution in [0, 0.1) is 6.92 Å². The summed E-state index contributed by atoms with van der Waals surface area (Å²) < 4.78 is 0. The van der Waals surface area contributed by atoms with Crippen molar-refractivity contribution in [1.29, 1.82) is 0 Å². The van der Waals surface area contributed by atoms with Gasteiger partial charge in [0.15, 0.2) is 0 Å². The average Bonchev–Trinajstić information content (AvgIpc) is 3.16. The van der Waals surface area contributed by atoms with Gasteiger partial charge in [-0.25, -0.2) is 0 Å². The molecule has 0 aromatic heterocycles. The smallest absolute Gasteiger partial charge is 0.223 e. The lowest BCUT2D eigenvalue weighted by Gasteiger charge is -2.25. The van der Waals surface area contributed by atoms with Crippen LogP contribution in [0.15, 0.2) is 66.7 Å². The molecule has 0 spiro atoms. The number of rotatable bonds is 4. The zero-order valence-electron chi connectivity index (χ0n) is 15.3. The van der Waals surface area contributed by atoms with Crippen LogP contribution in [0.3, 0.4) is 0 Å². The van der Waals surface area contributed by atoms with Crippen molar-refractivity contribution >= 4 is 16.7 Å². The molecule has 0 radical (unpaired) electrons. The molecule has 0 unspecified atom stereocenters. The summed E-state index contributed by atoms with van der Waals surface area (Å²) in [4.78, 5) is 15.0. The van der Waals surface area contributed by atoms with Gasteiger partial charge in [-0.3, -0.25) is 4.79 Å². The number of amides is 1. The molecule has 3 aromatic carbocycles. The maximum absolute atomic E-state index is 12.9. The number of carbonyl (C=O) groups excluding carboxylic acids is 1. The highest BCUT2D eigenvalue weighted by atomic mass is 16.2. The Bertz CT molecular complexity index is 930. The van der Waals surface area contributed by atoms with E-state index in [1.165, 1.54) is 27.5 Å². The lowest BCUT2D eigenvalue weighted by Crippen LogP contribution is -2.30. The van der Waals surface area contributed by atoms with Gasteiger partial charge in [0.1, 0.15) is 0 Å². The third-order valence-electron chi connectivity index (χ3n) is 5.44. The molecule has 3 aromatic rings. The molecule has 132 valence electrons. The predicted molar refractivity (Wildman–Crippen MR) is 107 cm³/mol. The molecule has 0 saturated carbocycles. The average molecular weight is 343 g/mol. The number of benzene rings is 3. The SMILES string of the molecule is Cc1cccc([C@@H]2CCCN2C(=O)CCc2ccc3ccccc3c2)c1. The van der Waals surface area contributed by atoms with Gasteiger partial charge in [-0.05, 0) is 48.1 Å². The largest absolute Gasteiger partial charge is 0.336 e. The van der Waals surface area contributed by atoms with E-state index < -0.39 is 0 Å². The van der Waals surface area contributed by atoms with Crippen molar-refractivity contribution in [2.75, 3.05) is 6.54 Å². The summed E-state index contributed by atoms with van der Waals surface area (Å²) in [6, 6.07) is 23.7. The van der Waals surface area contributed by atoms with Gasteiger partial charge >= 0.3 is 0 Å². The molecule has 0 N–H and O–H groups in total. The number of likely N-dealkylation sites (tertiary alicyclic amines) is 1. The minimum absolute atomic E-state index is 0.249. The molecular weight excluding hydrogens is 318 g/mol. The first-order chi connectivity index (χ1) is 12.7. The zero-order chi connectivity index (χ0) is 17.9. The van der Waals surface area contributed by atoms with Crippen LogP contribution in [0.2, 0.25) is 0 Å². The van der Waals surface area contributed by atoms with Crippen LogP contribution in [0.1, 0.15) is 42.0 Å². The second-order valence-electron chi connectivity index (χ2n) is 7.34. The van der Waals surface area contributed by atoms with Crippen molar-refractivity contribution in [3.05, 3.63) is 83.4 Å². The fourth-order valence-electron chi connectivity index (χ4n) is 4.08. The minimum atomic E-state index is 0.249. The Morgan fingerprint density at radius 1 is 1.00 bits per heavy atom. The Morgan fingerprint density at radius 3 is 2.69 bits per heavy atom. The van der Waals surface area contributed by atoms with Gasteiger partial charge in [0.2, 0.25) is 5.91 Å². The van der Waals surface area contributed by atoms with Crippen molar-refractivity contribution in [1.82, 2.24) is 4.90 Å². The van der Waals surface area contributed by atoms with Crippen LogP contribution >= 0.6 is 0 Å². The summed E-state index contributed by atoms with van der Waals surface area (Å²) in [5.41, 5.74) is 3.78. The number of fused-ring (bicyclic) bond motifs is 1. The van der Waals surface area contributed by atoms with E-state index >= 15 is 0 Å². The molecule has 1 heterocycles. The van der Waals surface area contributed by atoms with Gasteiger partial charge in [-0.1, -0.05) is 72.3 Å². The normalized spacial score (nSPS) is 17.0. The van der Waals surface area contributed by atoms with E-state index in [0.717, 1.165) is 25.8 Å². The Hall–Kier alpha value is -2.61. The lowest BCUT2D eigenvalue weighted by atomic mass is 10.0. The molecule has 0 bridgehead atoms. The fraction of sp³-hybridized carbons (Fsp3) is 0.292. The Labute approximate surface area is 155 Å². The number of nitrogens with zero attached hydrogens (tertiary/aromatic N) is 1. The molecule has 2 nitrogen and oxygen atoms in total. The molecule has 2 heteroatoms. The Balaban J connectivity index is 1.45. The number of hydrogen-bond acceptors (Lipinski definition) is 1. The first-order valence-electron chi connectivity index (χ1n) is 9.54. The first-order valence-corrected chi connectivity index (χ1v) is 9.54. The Morgan fingerprint density at radius 2 is 1.85 bits per heavy atom. The first kappa shape index (κ1) is 16.8. The molecule has 1 saturated heterocycles. The molecule has 4 rings (SSSR count). The summed E-state index contributed by atoms with van der Waals surface area (Å²) in [6.45, 7) is 3.00. The Kier molecular flexibility index (Phi) is 4.75. The van der Waals surface area contributed by atoms with Crippen LogP contribution in [-0.4, -0.2) is 17.4 Å². The summed E-state index contributed by atoms with van der Waals surface area (Å²) in [6.07, 6.45) is 3.56.